The summed E-state index contributed by atoms with van der Waals surface area (Å²) in [6, 6.07) is 15.1. The average Bonchev–Trinajstić information content (AvgIpc) is 2.67. The first-order valence-corrected chi connectivity index (χ1v) is 8.47. The molecule has 0 aliphatic carbocycles. The predicted molar refractivity (Wildman–Crippen MR) is 100 cm³/mol. The first-order chi connectivity index (χ1) is 13.8. The van der Waals surface area contributed by atoms with Crippen molar-refractivity contribution in [3.8, 4) is 23.6 Å². The lowest BCUT2D eigenvalue weighted by Crippen LogP contribution is -2.42. The molecule has 144 valence electrons. The molecule has 1 aliphatic heterocycles. The summed E-state index contributed by atoms with van der Waals surface area (Å²) in [6.45, 7) is 2.94. The third kappa shape index (κ3) is 4.52. The molecule has 0 spiro atoms. The van der Waals surface area contributed by atoms with E-state index in [1.54, 1.807) is 30.3 Å². The molecule has 0 radical (unpaired) electrons. The van der Waals surface area contributed by atoms with E-state index in [0.717, 1.165) is 0 Å². The molecule has 0 aromatic heterocycles. The fraction of sp³-hybridized carbons (Fsp3) is 0.143. The number of esters is 2. The van der Waals surface area contributed by atoms with Gasteiger partial charge in [0.2, 0.25) is 0 Å². The van der Waals surface area contributed by atoms with Crippen LogP contribution in [0.15, 0.2) is 54.2 Å². The quantitative estimate of drug-likeness (QED) is 0.480. The lowest BCUT2D eigenvalue weighted by molar-refractivity contribution is -0.222. The smallest absolute Gasteiger partial charge is 0.350 e. The van der Waals surface area contributed by atoms with Gasteiger partial charge in [0, 0.05) is 25.7 Å². The summed E-state index contributed by atoms with van der Waals surface area (Å²) in [5, 5.41) is 20.9. The van der Waals surface area contributed by atoms with Gasteiger partial charge in [-0.05, 0) is 42.5 Å². The number of carbonyl (C=O) groups is 2. The normalized spacial score (nSPS) is 14.7. The van der Waals surface area contributed by atoms with Crippen LogP contribution in [0.3, 0.4) is 0 Å². The van der Waals surface area contributed by atoms with Crippen molar-refractivity contribution >= 4 is 17.6 Å². The highest BCUT2D eigenvalue weighted by Crippen LogP contribution is 2.26. The maximum Gasteiger partial charge on any atom is 0.350 e. The van der Waals surface area contributed by atoms with Crippen LogP contribution in [0.2, 0.25) is 0 Å². The molecule has 1 N–H and O–H groups in total. The maximum absolute atomic E-state index is 11.9. The zero-order valence-corrected chi connectivity index (χ0v) is 15.6. The van der Waals surface area contributed by atoms with Crippen molar-refractivity contribution in [3.05, 3.63) is 65.4 Å². The molecule has 1 saturated heterocycles. The summed E-state index contributed by atoms with van der Waals surface area (Å²) >= 11 is 0. The molecule has 0 atom stereocenters. The van der Waals surface area contributed by atoms with Crippen LogP contribution >= 0.6 is 0 Å². The molecule has 8 heteroatoms. The third-order valence-electron chi connectivity index (χ3n) is 3.82. The van der Waals surface area contributed by atoms with Crippen LogP contribution in [0.4, 0.5) is 5.69 Å². The van der Waals surface area contributed by atoms with Crippen LogP contribution in [-0.4, -0.2) is 17.7 Å². The standard InChI is InChI=1S/C21H15N3O5/c1-21(2)28-19(25)18(20(26)29-21)12-24-15-4-7-16(8-5-15)27-17-6-3-13(10-22)14(9-17)11-23/h3-9,12,24H,1-2H3. The lowest BCUT2D eigenvalue weighted by atomic mass is 10.1. The Morgan fingerprint density at radius 3 is 2.10 bits per heavy atom. The van der Waals surface area contributed by atoms with Crippen LogP contribution in [0.5, 0.6) is 11.5 Å². The molecule has 2 aromatic carbocycles. The second-order valence-electron chi connectivity index (χ2n) is 6.44. The van der Waals surface area contributed by atoms with Gasteiger partial charge in [-0.25, -0.2) is 9.59 Å². The Bertz CT molecular complexity index is 1070. The zero-order valence-electron chi connectivity index (χ0n) is 15.6. The van der Waals surface area contributed by atoms with Gasteiger partial charge >= 0.3 is 11.9 Å². The Balaban J connectivity index is 1.68. The van der Waals surface area contributed by atoms with E-state index in [9.17, 15) is 9.59 Å². The number of nitrogens with zero attached hydrogens (tertiary/aromatic N) is 2. The highest BCUT2D eigenvalue weighted by Gasteiger charge is 2.38. The van der Waals surface area contributed by atoms with Gasteiger partial charge in [0.05, 0.1) is 11.1 Å². The van der Waals surface area contributed by atoms with E-state index in [2.05, 4.69) is 5.32 Å². The molecule has 1 fully saturated rings. The maximum atomic E-state index is 11.9. The molecular formula is C21H15N3O5. The molecule has 29 heavy (non-hydrogen) atoms. The Hall–Kier alpha value is -4.30. The molecule has 0 bridgehead atoms. The van der Waals surface area contributed by atoms with Crippen molar-refractivity contribution in [2.24, 2.45) is 0 Å². The van der Waals surface area contributed by atoms with E-state index < -0.39 is 17.7 Å². The van der Waals surface area contributed by atoms with Gasteiger partial charge in [-0.2, -0.15) is 10.5 Å². The van der Waals surface area contributed by atoms with Gasteiger partial charge in [0.25, 0.3) is 5.79 Å². The lowest BCUT2D eigenvalue weighted by Gasteiger charge is -2.29. The van der Waals surface area contributed by atoms with Gasteiger partial charge < -0.3 is 19.5 Å². The van der Waals surface area contributed by atoms with E-state index in [-0.39, 0.29) is 16.7 Å². The fourth-order valence-corrected chi connectivity index (χ4v) is 2.47. The summed E-state index contributed by atoms with van der Waals surface area (Å²) < 4.78 is 15.7. The molecule has 1 aliphatic rings. The molecule has 8 nitrogen and oxygen atoms in total. The second-order valence-corrected chi connectivity index (χ2v) is 6.44. The first kappa shape index (κ1) is 19.5. The molecule has 3 rings (SSSR count). The van der Waals surface area contributed by atoms with Crippen molar-refractivity contribution < 1.29 is 23.8 Å². The van der Waals surface area contributed by atoms with Crippen molar-refractivity contribution in [1.29, 1.82) is 10.5 Å². The summed E-state index contributed by atoms with van der Waals surface area (Å²) in [6.07, 6.45) is 1.22. The molecule has 0 unspecified atom stereocenters. The minimum absolute atomic E-state index is 0.226. The summed E-state index contributed by atoms with van der Waals surface area (Å²) in [7, 11) is 0. The minimum Gasteiger partial charge on any atom is -0.457 e. The monoisotopic (exact) mass is 389 g/mol. The Kier molecular flexibility index (Phi) is 5.20. The third-order valence-corrected chi connectivity index (χ3v) is 3.82. The minimum atomic E-state index is -1.29. The van der Waals surface area contributed by atoms with E-state index >= 15 is 0 Å². The molecule has 0 amide bonds. The summed E-state index contributed by atoms with van der Waals surface area (Å²) in [5.41, 5.74) is 0.846. The van der Waals surface area contributed by atoms with Crippen molar-refractivity contribution in [2.45, 2.75) is 19.6 Å². The predicted octanol–water partition coefficient (Wildman–Crippen LogP) is 3.35. The number of ether oxygens (including phenoxy) is 3. The number of rotatable bonds is 4. The van der Waals surface area contributed by atoms with Gasteiger partial charge in [-0.1, -0.05) is 0 Å². The average molecular weight is 389 g/mol. The van der Waals surface area contributed by atoms with Crippen LogP contribution in [0, 0.1) is 22.7 Å². The van der Waals surface area contributed by atoms with Crippen LogP contribution in [0.25, 0.3) is 0 Å². The van der Waals surface area contributed by atoms with Crippen LogP contribution in [0.1, 0.15) is 25.0 Å². The van der Waals surface area contributed by atoms with Crippen LogP contribution < -0.4 is 10.1 Å². The van der Waals surface area contributed by atoms with Crippen molar-refractivity contribution in [2.75, 3.05) is 5.32 Å². The molecule has 2 aromatic rings. The van der Waals surface area contributed by atoms with Gasteiger partial charge in [-0.15, -0.1) is 0 Å². The molecule has 0 saturated carbocycles. The Labute approximate surface area is 166 Å². The molecule has 1 heterocycles. The SMILES string of the molecule is CC1(C)OC(=O)C(=CNc2ccc(Oc3ccc(C#N)c(C#N)c3)cc2)C(=O)O1. The number of hydrogen-bond acceptors (Lipinski definition) is 8. The van der Waals surface area contributed by atoms with Crippen LogP contribution in [-0.2, 0) is 19.1 Å². The Morgan fingerprint density at radius 1 is 0.931 bits per heavy atom. The van der Waals surface area contributed by atoms with Gasteiger partial charge in [-0.3, -0.25) is 0 Å². The van der Waals surface area contributed by atoms with E-state index in [4.69, 9.17) is 24.7 Å². The van der Waals surface area contributed by atoms with E-state index in [1.807, 2.05) is 12.1 Å². The number of benzene rings is 2. The second kappa shape index (κ2) is 7.75. The van der Waals surface area contributed by atoms with E-state index in [0.29, 0.717) is 17.2 Å². The van der Waals surface area contributed by atoms with E-state index in [1.165, 1.54) is 32.2 Å². The number of anilines is 1. The number of cyclic esters (lactones) is 2. The Morgan fingerprint density at radius 2 is 1.52 bits per heavy atom. The number of nitrogens with one attached hydrogen (secondary N) is 1. The van der Waals surface area contributed by atoms with Crippen molar-refractivity contribution in [1.82, 2.24) is 0 Å². The summed E-state index contributed by atoms with van der Waals surface area (Å²) in [4.78, 5) is 23.8. The fourth-order valence-electron chi connectivity index (χ4n) is 2.47. The highest BCUT2D eigenvalue weighted by atomic mass is 16.7. The topological polar surface area (TPSA) is 121 Å². The van der Waals surface area contributed by atoms with Gasteiger partial charge in [0.1, 0.15) is 23.6 Å². The highest BCUT2D eigenvalue weighted by molar-refractivity contribution is 6.15. The largest absolute Gasteiger partial charge is 0.457 e. The molecular weight excluding hydrogens is 374 g/mol. The summed E-state index contributed by atoms with van der Waals surface area (Å²) in [5.74, 6) is -1.92. The number of carbonyl (C=O) groups excluding carboxylic acids is 2. The first-order valence-electron chi connectivity index (χ1n) is 8.47. The number of hydrogen-bond donors (Lipinski definition) is 1. The van der Waals surface area contributed by atoms with Gasteiger partial charge in [0.15, 0.2) is 5.57 Å². The van der Waals surface area contributed by atoms with Crippen molar-refractivity contribution in [3.63, 3.8) is 0 Å². The zero-order chi connectivity index (χ0) is 21.0. The number of nitriles is 2.